The van der Waals surface area contributed by atoms with Gasteiger partial charge in [-0.25, -0.2) is 0 Å². The van der Waals surface area contributed by atoms with E-state index in [1.165, 1.54) is 17.6 Å². The monoisotopic (exact) mass is 353 g/mol. The molecule has 1 aromatic heterocycles. The molecule has 3 nitrogen and oxygen atoms in total. The van der Waals surface area contributed by atoms with Crippen LogP contribution in [-0.2, 0) is 22.5 Å². The fourth-order valence-corrected chi connectivity index (χ4v) is 3.25. The van der Waals surface area contributed by atoms with E-state index >= 15 is 0 Å². The lowest BCUT2D eigenvalue weighted by Gasteiger charge is -2.08. The highest BCUT2D eigenvalue weighted by Gasteiger charge is 2.06. The topological polar surface area (TPSA) is 38.3 Å². The normalized spacial score (nSPS) is 10.3. The minimum atomic E-state index is -0.199. The lowest BCUT2D eigenvalue weighted by atomic mass is 10.2. The van der Waals surface area contributed by atoms with Crippen molar-refractivity contribution in [2.24, 2.45) is 0 Å². The quantitative estimate of drug-likeness (QED) is 0.820. The van der Waals surface area contributed by atoms with Gasteiger partial charge in [0.2, 0.25) is 0 Å². The summed E-state index contributed by atoms with van der Waals surface area (Å²) in [6, 6.07) is 10.2. The Morgan fingerprint density at radius 1 is 1.30 bits per heavy atom. The molecule has 0 saturated carbocycles. The Bertz CT molecular complexity index is 610. The van der Waals surface area contributed by atoms with Crippen molar-refractivity contribution in [1.29, 1.82) is 0 Å². The van der Waals surface area contributed by atoms with Crippen molar-refractivity contribution in [3.8, 4) is 0 Å². The van der Waals surface area contributed by atoms with E-state index in [0.29, 0.717) is 6.42 Å². The molecule has 1 heterocycles. The van der Waals surface area contributed by atoms with Crippen molar-refractivity contribution in [1.82, 2.24) is 0 Å². The van der Waals surface area contributed by atoms with Crippen LogP contribution >= 0.6 is 27.3 Å². The van der Waals surface area contributed by atoms with Gasteiger partial charge >= 0.3 is 5.97 Å². The smallest absolute Gasteiger partial charge is 0.310 e. The van der Waals surface area contributed by atoms with Gasteiger partial charge in [-0.05, 0) is 42.8 Å². The van der Waals surface area contributed by atoms with Gasteiger partial charge < -0.3 is 10.1 Å². The number of methoxy groups -OCH3 is 1. The second kappa shape index (κ2) is 6.90. The zero-order valence-electron chi connectivity index (χ0n) is 11.4. The number of carbonyl (C=O) groups excluding carboxylic acids is 1. The summed E-state index contributed by atoms with van der Waals surface area (Å²) < 4.78 is 5.75. The van der Waals surface area contributed by atoms with Crippen LogP contribution in [0.5, 0.6) is 0 Å². The number of hydrogen-bond donors (Lipinski definition) is 1. The number of halogens is 1. The van der Waals surface area contributed by atoms with E-state index in [1.807, 2.05) is 18.2 Å². The molecule has 0 amide bonds. The first kappa shape index (κ1) is 15.1. The van der Waals surface area contributed by atoms with Crippen molar-refractivity contribution >= 4 is 38.9 Å². The molecule has 0 aliphatic carbocycles. The van der Waals surface area contributed by atoms with Crippen LogP contribution in [-0.4, -0.2) is 13.1 Å². The zero-order chi connectivity index (χ0) is 14.5. The van der Waals surface area contributed by atoms with E-state index in [0.717, 1.165) is 21.6 Å². The molecular weight excluding hydrogens is 338 g/mol. The largest absolute Gasteiger partial charge is 0.469 e. The molecule has 0 aliphatic heterocycles. The molecule has 0 atom stereocenters. The minimum Gasteiger partial charge on any atom is -0.469 e. The maximum atomic E-state index is 11.2. The summed E-state index contributed by atoms with van der Waals surface area (Å²) in [6.07, 6.45) is 0.346. The molecule has 106 valence electrons. The van der Waals surface area contributed by atoms with Crippen LogP contribution < -0.4 is 5.32 Å². The van der Waals surface area contributed by atoms with Crippen LogP contribution in [0, 0.1) is 6.92 Å². The molecule has 0 bridgehead atoms. The SMILES string of the molecule is COC(=O)Cc1ccc(CNc2ccc(Br)cc2C)s1. The van der Waals surface area contributed by atoms with Crippen molar-refractivity contribution in [2.45, 2.75) is 19.9 Å². The van der Waals surface area contributed by atoms with Crippen LogP contribution in [0.4, 0.5) is 5.69 Å². The van der Waals surface area contributed by atoms with Gasteiger partial charge in [-0.15, -0.1) is 11.3 Å². The standard InChI is InChI=1S/C15H16BrNO2S/c1-10-7-11(16)3-6-14(10)17-9-13-5-4-12(20-13)8-15(18)19-2/h3-7,17H,8-9H2,1-2H3. The van der Waals surface area contributed by atoms with Gasteiger partial charge in [0.25, 0.3) is 0 Å². The second-order valence-electron chi connectivity index (χ2n) is 4.43. The Kier molecular flexibility index (Phi) is 5.20. The lowest BCUT2D eigenvalue weighted by Crippen LogP contribution is -2.02. The number of ether oxygens (including phenoxy) is 1. The molecule has 2 rings (SSSR count). The summed E-state index contributed by atoms with van der Waals surface area (Å²) in [5, 5.41) is 3.41. The minimum absolute atomic E-state index is 0.199. The van der Waals surface area contributed by atoms with E-state index in [9.17, 15) is 4.79 Å². The van der Waals surface area contributed by atoms with Crippen LogP contribution in [0.25, 0.3) is 0 Å². The highest BCUT2D eigenvalue weighted by Crippen LogP contribution is 2.23. The summed E-state index contributed by atoms with van der Waals surface area (Å²) in [7, 11) is 1.41. The number of nitrogens with one attached hydrogen (secondary N) is 1. The number of rotatable bonds is 5. The summed E-state index contributed by atoms with van der Waals surface area (Å²) >= 11 is 5.09. The molecule has 0 fully saturated rings. The average Bonchev–Trinajstić information content (AvgIpc) is 2.85. The molecule has 0 radical (unpaired) electrons. The molecule has 5 heteroatoms. The van der Waals surface area contributed by atoms with Gasteiger partial charge in [0, 0.05) is 26.5 Å². The molecule has 0 spiro atoms. The highest BCUT2D eigenvalue weighted by atomic mass is 79.9. The van der Waals surface area contributed by atoms with E-state index in [2.05, 4.69) is 45.0 Å². The first-order chi connectivity index (χ1) is 9.58. The zero-order valence-corrected chi connectivity index (χ0v) is 13.8. The summed E-state index contributed by atoms with van der Waals surface area (Å²) in [4.78, 5) is 13.4. The van der Waals surface area contributed by atoms with Gasteiger partial charge in [-0.3, -0.25) is 4.79 Å². The van der Waals surface area contributed by atoms with Crippen LogP contribution in [0.2, 0.25) is 0 Å². The number of aryl methyl sites for hydroxylation is 1. The van der Waals surface area contributed by atoms with Gasteiger partial charge in [-0.2, -0.15) is 0 Å². The van der Waals surface area contributed by atoms with E-state index < -0.39 is 0 Å². The third-order valence-corrected chi connectivity index (χ3v) is 4.48. The first-order valence-corrected chi connectivity index (χ1v) is 7.84. The van der Waals surface area contributed by atoms with E-state index in [1.54, 1.807) is 11.3 Å². The number of benzene rings is 1. The third-order valence-electron chi connectivity index (χ3n) is 2.91. The Labute approximate surface area is 131 Å². The molecule has 0 unspecified atom stereocenters. The fraction of sp³-hybridized carbons (Fsp3) is 0.267. The molecular formula is C15H16BrNO2S. The Hall–Kier alpha value is -1.33. The number of esters is 1. The maximum Gasteiger partial charge on any atom is 0.310 e. The summed E-state index contributed by atoms with van der Waals surface area (Å²) in [5.74, 6) is -0.199. The van der Waals surface area contributed by atoms with Gasteiger partial charge in [0.1, 0.15) is 0 Å². The predicted octanol–water partition coefficient (Wildman–Crippen LogP) is 4.15. The number of thiophene rings is 1. The molecule has 20 heavy (non-hydrogen) atoms. The Morgan fingerprint density at radius 2 is 2.05 bits per heavy atom. The van der Waals surface area contributed by atoms with Gasteiger partial charge in [0.05, 0.1) is 13.5 Å². The highest BCUT2D eigenvalue weighted by molar-refractivity contribution is 9.10. The van der Waals surface area contributed by atoms with Crippen LogP contribution in [0.1, 0.15) is 15.3 Å². The van der Waals surface area contributed by atoms with Crippen molar-refractivity contribution < 1.29 is 9.53 Å². The molecule has 0 aliphatic rings. The first-order valence-electron chi connectivity index (χ1n) is 6.23. The average molecular weight is 354 g/mol. The van der Waals surface area contributed by atoms with Crippen LogP contribution in [0.3, 0.4) is 0 Å². The summed E-state index contributed by atoms with van der Waals surface area (Å²) in [6.45, 7) is 2.83. The number of anilines is 1. The van der Waals surface area contributed by atoms with Crippen LogP contribution in [0.15, 0.2) is 34.8 Å². The fourth-order valence-electron chi connectivity index (χ4n) is 1.83. The predicted molar refractivity (Wildman–Crippen MR) is 86.2 cm³/mol. The maximum absolute atomic E-state index is 11.2. The van der Waals surface area contributed by atoms with Gasteiger partial charge in [0.15, 0.2) is 0 Å². The molecule has 1 aromatic carbocycles. The number of carbonyl (C=O) groups is 1. The van der Waals surface area contributed by atoms with E-state index in [-0.39, 0.29) is 5.97 Å². The van der Waals surface area contributed by atoms with Gasteiger partial charge in [-0.1, -0.05) is 15.9 Å². The lowest BCUT2D eigenvalue weighted by molar-refractivity contribution is -0.139. The Balaban J connectivity index is 1.95. The number of hydrogen-bond acceptors (Lipinski definition) is 4. The van der Waals surface area contributed by atoms with Crippen molar-refractivity contribution in [3.63, 3.8) is 0 Å². The molecule has 0 saturated heterocycles. The second-order valence-corrected chi connectivity index (χ2v) is 6.60. The molecule has 1 N–H and O–H groups in total. The third kappa shape index (κ3) is 4.08. The molecule has 2 aromatic rings. The summed E-state index contributed by atoms with van der Waals surface area (Å²) in [5.41, 5.74) is 2.32. The van der Waals surface area contributed by atoms with Crippen molar-refractivity contribution in [2.75, 3.05) is 12.4 Å². The Morgan fingerprint density at radius 3 is 2.75 bits per heavy atom. The van der Waals surface area contributed by atoms with E-state index in [4.69, 9.17) is 0 Å². The van der Waals surface area contributed by atoms with Crippen molar-refractivity contribution in [3.05, 3.63) is 50.1 Å².